The van der Waals surface area contributed by atoms with Crippen LogP contribution in [0.1, 0.15) is 5.82 Å². The predicted molar refractivity (Wildman–Crippen MR) is 111 cm³/mol. The van der Waals surface area contributed by atoms with Gasteiger partial charge in [0, 0.05) is 36.7 Å². The van der Waals surface area contributed by atoms with Crippen molar-refractivity contribution < 1.29 is 8.95 Å². The van der Waals surface area contributed by atoms with E-state index in [-0.39, 0.29) is 0 Å². The van der Waals surface area contributed by atoms with Crippen molar-refractivity contribution in [1.82, 2.24) is 19.5 Å². The number of fused-ring (bicyclic) bond motifs is 1. The molecule has 4 aromatic heterocycles. The highest BCUT2D eigenvalue weighted by atomic mass is 32.2. The van der Waals surface area contributed by atoms with Gasteiger partial charge in [-0.3, -0.25) is 4.21 Å². The number of rotatable bonds is 6. The summed E-state index contributed by atoms with van der Waals surface area (Å²) in [4.78, 5) is 14.5. The SMILES string of the molecule is COCCS(=O)c1cc2c(-c3cnc(C)n3C)cc(-c3nccs3)nc2s1. The van der Waals surface area contributed by atoms with Crippen LogP contribution in [0.2, 0.25) is 0 Å². The van der Waals surface area contributed by atoms with Gasteiger partial charge in [0.05, 0.1) is 39.3 Å². The lowest BCUT2D eigenvalue weighted by Crippen LogP contribution is -2.02. The fourth-order valence-corrected chi connectivity index (χ4v) is 5.80. The monoisotopic (exact) mass is 418 g/mol. The average molecular weight is 419 g/mol. The van der Waals surface area contributed by atoms with Crippen molar-refractivity contribution in [3.05, 3.63) is 35.7 Å². The Morgan fingerprint density at radius 3 is 2.81 bits per heavy atom. The quantitative estimate of drug-likeness (QED) is 0.475. The Bertz CT molecular complexity index is 1120. The summed E-state index contributed by atoms with van der Waals surface area (Å²) >= 11 is 3.02. The molecule has 0 saturated carbocycles. The van der Waals surface area contributed by atoms with Crippen LogP contribution in [0.25, 0.3) is 32.2 Å². The fourth-order valence-electron chi connectivity index (χ4n) is 2.79. The van der Waals surface area contributed by atoms with Gasteiger partial charge in [-0.05, 0) is 19.1 Å². The van der Waals surface area contributed by atoms with Gasteiger partial charge < -0.3 is 9.30 Å². The minimum atomic E-state index is -1.11. The molecule has 4 aromatic rings. The van der Waals surface area contributed by atoms with E-state index in [1.54, 1.807) is 24.6 Å². The number of nitrogens with zero attached hydrogens (tertiary/aromatic N) is 4. The number of aryl methyl sites for hydroxylation is 1. The second-order valence-corrected chi connectivity index (χ2v) is 9.69. The summed E-state index contributed by atoms with van der Waals surface area (Å²) in [7, 11) is 2.51. The molecule has 140 valence electrons. The van der Waals surface area contributed by atoms with Crippen LogP contribution in [-0.4, -0.2) is 43.2 Å². The molecule has 27 heavy (non-hydrogen) atoms. The number of methoxy groups -OCH3 is 1. The molecule has 0 N–H and O–H groups in total. The van der Waals surface area contributed by atoms with Crippen LogP contribution < -0.4 is 0 Å². The zero-order chi connectivity index (χ0) is 19.0. The van der Waals surface area contributed by atoms with Crippen molar-refractivity contribution in [2.24, 2.45) is 7.05 Å². The summed E-state index contributed by atoms with van der Waals surface area (Å²) in [5.74, 6) is 1.41. The topological polar surface area (TPSA) is 69.9 Å². The van der Waals surface area contributed by atoms with Gasteiger partial charge in [-0.2, -0.15) is 0 Å². The van der Waals surface area contributed by atoms with Gasteiger partial charge in [0.15, 0.2) is 0 Å². The molecule has 1 unspecified atom stereocenters. The Morgan fingerprint density at radius 2 is 2.15 bits per heavy atom. The molecule has 0 aromatic carbocycles. The average Bonchev–Trinajstić information content (AvgIpc) is 3.40. The highest BCUT2D eigenvalue weighted by Crippen LogP contribution is 2.37. The van der Waals surface area contributed by atoms with Gasteiger partial charge in [-0.25, -0.2) is 15.0 Å². The van der Waals surface area contributed by atoms with Gasteiger partial charge in [0.25, 0.3) is 0 Å². The van der Waals surface area contributed by atoms with E-state index < -0.39 is 10.8 Å². The normalized spacial score (nSPS) is 12.7. The first-order chi connectivity index (χ1) is 13.1. The van der Waals surface area contributed by atoms with Crippen LogP contribution in [0, 0.1) is 6.92 Å². The van der Waals surface area contributed by atoms with E-state index >= 15 is 0 Å². The minimum absolute atomic E-state index is 0.465. The molecule has 0 aliphatic rings. The largest absolute Gasteiger partial charge is 0.384 e. The van der Waals surface area contributed by atoms with Crippen LogP contribution >= 0.6 is 22.7 Å². The second kappa shape index (κ2) is 7.59. The lowest BCUT2D eigenvalue weighted by Gasteiger charge is -2.07. The van der Waals surface area contributed by atoms with E-state index in [0.29, 0.717) is 12.4 Å². The number of thiophene rings is 1. The summed E-state index contributed by atoms with van der Waals surface area (Å²) in [5.41, 5.74) is 2.85. The molecule has 4 rings (SSSR count). The molecule has 0 fully saturated rings. The number of pyridine rings is 1. The molecule has 9 heteroatoms. The van der Waals surface area contributed by atoms with E-state index in [2.05, 4.69) is 14.5 Å². The number of imidazole rings is 1. The summed E-state index contributed by atoms with van der Waals surface area (Å²) in [6.07, 6.45) is 3.65. The maximum Gasteiger partial charge on any atom is 0.141 e. The number of ether oxygens (including phenoxy) is 1. The van der Waals surface area contributed by atoms with Crippen LogP contribution in [0.15, 0.2) is 34.1 Å². The van der Waals surface area contributed by atoms with E-state index in [4.69, 9.17) is 9.72 Å². The molecule has 6 nitrogen and oxygen atoms in total. The summed E-state index contributed by atoms with van der Waals surface area (Å²) in [6.45, 7) is 2.44. The van der Waals surface area contributed by atoms with Gasteiger partial charge >= 0.3 is 0 Å². The molecule has 0 aliphatic heterocycles. The maximum absolute atomic E-state index is 12.6. The predicted octanol–water partition coefficient (Wildman–Crippen LogP) is 3.88. The van der Waals surface area contributed by atoms with Crippen molar-refractivity contribution in [2.75, 3.05) is 19.5 Å². The number of aromatic nitrogens is 4. The fraction of sp³-hybridized carbons (Fsp3) is 0.278. The Labute approximate surface area is 167 Å². The smallest absolute Gasteiger partial charge is 0.141 e. The van der Waals surface area contributed by atoms with Crippen LogP contribution in [0.3, 0.4) is 0 Å². The minimum Gasteiger partial charge on any atom is -0.384 e. The Balaban J connectivity index is 1.91. The van der Waals surface area contributed by atoms with E-state index in [1.807, 2.05) is 37.7 Å². The van der Waals surface area contributed by atoms with Crippen LogP contribution in [0.4, 0.5) is 0 Å². The third-order valence-electron chi connectivity index (χ3n) is 4.33. The summed E-state index contributed by atoms with van der Waals surface area (Å²) in [5, 5.41) is 3.80. The van der Waals surface area contributed by atoms with E-state index in [1.165, 1.54) is 11.3 Å². The van der Waals surface area contributed by atoms with Gasteiger partial charge in [-0.1, -0.05) is 0 Å². The lowest BCUT2D eigenvalue weighted by atomic mass is 10.1. The number of hydrogen-bond donors (Lipinski definition) is 0. The first-order valence-electron chi connectivity index (χ1n) is 8.29. The molecule has 0 amide bonds. The standard InChI is InChI=1S/C18H18N4O2S3/c1-11-20-10-15(22(11)2)12-8-14(18-19-4-6-25-18)21-17-13(12)9-16(26-17)27(23)7-5-24-3/h4,6,8-10H,5,7H2,1-3H3. The Morgan fingerprint density at radius 1 is 1.30 bits per heavy atom. The zero-order valence-corrected chi connectivity index (χ0v) is 17.6. The Hall–Kier alpha value is -1.94. The first kappa shape index (κ1) is 18.4. The van der Waals surface area contributed by atoms with Crippen molar-refractivity contribution in [3.8, 4) is 22.0 Å². The number of hydrogen-bond acceptors (Lipinski definition) is 7. The second-order valence-electron chi connectivity index (χ2n) is 5.97. The highest BCUT2D eigenvalue weighted by molar-refractivity contribution is 7.87. The molecule has 0 spiro atoms. The molecule has 0 bridgehead atoms. The Kier molecular flexibility index (Phi) is 5.18. The molecule has 4 heterocycles. The molecular formula is C18H18N4O2S3. The molecular weight excluding hydrogens is 400 g/mol. The third-order valence-corrected chi connectivity index (χ3v) is 7.86. The van der Waals surface area contributed by atoms with Crippen molar-refractivity contribution in [3.63, 3.8) is 0 Å². The van der Waals surface area contributed by atoms with Crippen molar-refractivity contribution >= 4 is 43.7 Å². The van der Waals surface area contributed by atoms with Crippen LogP contribution in [0.5, 0.6) is 0 Å². The number of thiazole rings is 1. The molecule has 1 atom stereocenters. The summed E-state index contributed by atoms with van der Waals surface area (Å²) < 4.78 is 20.5. The van der Waals surface area contributed by atoms with Gasteiger partial charge in [-0.15, -0.1) is 22.7 Å². The summed E-state index contributed by atoms with van der Waals surface area (Å²) in [6, 6.07) is 4.04. The van der Waals surface area contributed by atoms with E-state index in [9.17, 15) is 4.21 Å². The van der Waals surface area contributed by atoms with Crippen molar-refractivity contribution in [2.45, 2.75) is 11.1 Å². The molecule has 0 aliphatic carbocycles. The van der Waals surface area contributed by atoms with Crippen molar-refractivity contribution in [1.29, 1.82) is 0 Å². The molecule has 0 saturated heterocycles. The van der Waals surface area contributed by atoms with Crippen LogP contribution in [-0.2, 0) is 22.6 Å². The highest BCUT2D eigenvalue weighted by Gasteiger charge is 2.18. The van der Waals surface area contributed by atoms with Gasteiger partial charge in [0.2, 0.25) is 0 Å². The maximum atomic E-state index is 12.6. The third kappa shape index (κ3) is 3.47. The first-order valence-corrected chi connectivity index (χ1v) is 11.3. The zero-order valence-electron chi connectivity index (χ0n) is 15.1. The lowest BCUT2D eigenvalue weighted by molar-refractivity contribution is 0.218. The molecule has 0 radical (unpaired) electrons. The van der Waals surface area contributed by atoms with E-state index in [0.717, 1.165) is 42.2 Å². The van der Waals surface area contributed by atoms with Gasteiger partial charge in [0.1, 0.15) is 21.4 Å².